The zero-order valence-corrected chi connectivity index (χ0v) is 19.7. The van der Waals surface area contributed by atoms with Gasteiger partial charge in [0, 0.05) is 7.05 Å². The molecule has 0 fully saturated rings. The minimum absolute atomic E-state index is 0. The average molecular weight is 517 g/mol. The predicted molar refractivity (Wildman–Crippen MR) is 124 cm³/mol. The molecule has 6 nitrogen and oxygen atoms in total. The van der Waals surface area contributed by atoms with Gasteiger partial charge in [-0.2, -0.15) is 0 Å². The average Bonchev–Trinajstić information content (AvgIpc) is 2.71. The van der Waals surface area contributed by atoms with Crippen LogP contribution in [-0.2, 0) is 0 Å². The van der Waals surface area contributed by atoms with Crippen LogP contribution in [0.2, 0.25) is 0 Å². The first-order valence-electron chi connectivity index (χ1n) is 9.08. The number of aliphatic imine (C=N–C) groups is 1. The fraction of sp³-hybridized carbons (Fsp3) is 0.381. The zero-order valence-electron chi connectivity index (χ0n) is 17.4. The van der Waals surface area contributed by atoms with Crippen molar-refractivity contribution >= 4 is 29.9 Å². The molecule has 0 saturated carbocycles. The van der Waals surface area contributed by atoms with E-state index in [0.717, 1.165) is 5.56 Å². The normalized spacial score (nSPS) is 13.0. The van der Waals surface area contributed by atoms with Crippen LogP contribution < -0.4 is 24.8 Å². The van der Waals surface area contributed by atoms with Gasteiger partial charge in [0.1, 0.15) is 6.10 Å². The van der Waals surface area contributed by atoms with Gasteiger partial charge < -0.3 is 24.8 Å². The second-order valence-electron chi connectivity index (χ2n) is 6.29. The van der Waals surface area contributed by atoms with Gasteiger partial charge in [0.05, 0.1) is 26.8 Å². The first-order valence-corrected chi connectivity index (χ1v) is 9.08. The van der Waals surface area contributed by atoms with E-state index in [4.69, 9.17) is 14.2 Å². The molecule has 0 aromatic heterocycles. The Hall–Kier alpha value is -2.23. The standard InChI is InChI=1S/C21H28FN3O3.HI/c1-14(28-20-9-7-6-8-19(20)27-5)13-24-21(23-3)25-15(2)16-10-11-18(26-4)17(22)12-16;/h6-12,14-15H,13H2,1-5H3,(H2,23,24,25);1H. The van der Waals surface area contributed by atoms with Crippen LogP contribution >= 0.6 is 24.0 Å². The molecule has 0 heterocycles. The van der Waals surface area contributed by atoms with E-state index in [2.05, 4.69) is 15.6 Å². The van der Waals surface area contributed by atoms with Crippen LogP contribution in [0.3, 0.4) is 0 Å². The Morgan fingerprint density at radius 3 is 2.28 bits per heavy atom. The maximum Gasteiger partial charge on any atom is 0.191 e. The van der Waals surface area contributed by atoms with Crippen molar-refractivity contribution in [2.75, 3.05) is 27.8 Å². The zero-order chi connectivity index (χ0) is 20.5. The third-order valence-electron chi connectivity index (χ3n) is 4.21. The fourth-order valence-electron chi connectivity index (χ4n) is 2.65. The van der Waals surface area contributed by atoms with E-state index in [1.165, 1.54) is 13.2 Å². The van der Waals surface area contributed by atoms with Gasteiger partial charge in [0.15, 0.2) is 29.0 Å². The third kappa shape index (κ3) is 7.26. The Kier molecular flexibility index (Phi) is 10.6. The van der Waals surface area contributed by atoms with Crippen molar-refractivity contribution in [3.8, 4) is 17.2 Å². The Bertz CT molecular complexity index is 804. The van der Waals surface area contributed by atoms with Crippen molar-refractivity contribution in [1.82, 2.24) is 10.6 Å². The third-order valence-corrected chi connectivity index (χ3v) is 4.21. The number of hydrogen-bond acceptors (Lipinski definition) is 4. The molecule has 0 spiro atoms. The van der Waals surface area contributed by atoms with Gasteiger partial charge in [-0.1, -0.05) is 18.2 Å². The molecule has 2 rings (SSSR count). The Balaban J connectivity index is 0.00000420. The number of benzene rings is 2. The molecule has 0 aliphatic carbocycles. The van der Waals surface area contributed by atoms with Crippen LogP contribution in [-0.4, -0.2) is 39.9 Å². The molecule has 8 heteroatoms. The minimum Gasteiger partial charge on any atom is -0.494 e. The monoisotopic (exact) mass is 517 g/mol. The molecule has 160 valence electrons. The molecule has 2 aromatic rings. The summed E-state index contributed by atoms with van der Waals surface area (Å²) in [6, 6.07) is 12.3. The number of halogens is 2. The van der Waals surface area contributed by atoms with E-state index in [-0.39, 0.29) is 41.9 Å². The first-order chi connectivity index (χ1) is 13.5. The second kappa shape index (κ2) is 12.4. The summed E-state index contributed by atoms with van der Waals surface area (Å²) in [7, 11) is 4.74. The van der Waals surface area contributed by atoms with Crippen LogP contribution in [0.5, 0.6) is 17.2 Å². The van der Waals surface area contributed by atoms with Crippen LogP contribution in [0, 0.1) is 5.82 Å². The number of guanidine groups is 1. The SMILES string of the molecule is CN=C(NCC(C)Oc1ccccc1OC)NC(C)c1ccc(OC)c(F)c1.I. The quantitative estimate of drug-likeness (QED) is 0.313. The first kappa shape index (κ1) is 24.8. The van der Waals surface area contributed by atoms with E-state index < -0.39 is 5.82 Å². The molecule has 0 aliphatic heterocycles. The molecule has 29 heavy (non-hydrogen) atoms. The Labute approximate surface area is 188 Å². The van der Waals surface area contributed by atoms with Gasteiger partial charge in [0.25, 0.3) is 0 Å². The molecule has 2 aromatic carbocycles. The maximum atomic E-state index is 13.9. The van der Waals surface area contributed by atoms with Gasteiger partial charge in [0.2, 0.25) is 0 Å². The molecule has 0 radical (unpaired) electrons. The lowest BCUT2D eigenvalue weighted by atomic mass is 10.1. The molecule has 2 N–H and O–H groups in total. The largest absolute Gasteiger partial charge is 0.494 e. The van der Waals surface area contributed by atoms with E-state index in [1.54, 1.807) is 20.2 Å². The molecule has 0 amide bonds. The molecular formula is C21H29FIN3O3. The van der Waals surface area contributed by atoms with Crippen molar-refractivity contribution in [2.45, 2.75) is 26.0 Å². The molecule has 2 atom stereocenters. The number of methoxy groups -OCH3 is 2. The second-order valence-corrected chi connectivity index (χ2v) is 6.29. The summed E-state index contributed by atoms with van der Waals surface area (Å²) >= 11 is 0. The Morgan fingerprint density at radius 2 is 1.69 bits per heavy atom. The lowest BCUT2D eigenvalue weighted by Gasteiger charge is -2.21. The molecule has 0 aliphatic rings. The number of hydrogen-bond donors (Lipinski definition) is 2. The molecule has 0 saturated heterocycles. The van der Waals surface area contributed by atoms with Crippen molar-refractivity contribution in [2.24, 2.45) is 4.99 Å². The fourth-order valence-corrected chi connectivity index (χ4v) is 2.65. The number of ether oxygens (including phenoxy) is 3. The minimum atomic E-state index is -0.393. The summed E-state index contributed by atoms with van der Waals surface area (Å²) in [6.07, 6.45) is -0.122. The molecule has 0 bridgehead atoms. The predicted octanol–water partition coefficient (Wildman–Crippen LogP) is 4.15. The van der Waals surface area contributed by atoms with Crippen LogP contribution in [0.1, 0.15) is 25.5 Å². The summed E-state index contributed by atoms with van der Waals surface area (Å²) < 4.78 is 30.1. The number of nitrogens with one attached hydrogen (secondary N) is 2. The van der Waals surface area contributed by atoms with E-state index in [9.17, 15) is 4.39 Å². The number of rotatable bonds is 8. The highest BCUT2D eigenvalue weighted by Gasteiger charge is 2.13. The summed E-state index contributed by atoms with van der Waals surface area (Å²) in [5, 5.41) is 6.46. The van der Waals surface area contributed by atoms with E-state index in [0.29, 0.717) is 24.0 Å². The topological polar surface area (TPSA) is 64.1 Å². The van der Waals surface area contributed by atoms with Gasteiger partial charge in [-0.3, -0.25) is 4.99 Å². The highest BCUT2D eigenvalue weighted by atomic mass is 127. The van der Waals surface area contributed by atoms with Crippen LogP contribution in [0.25, 0.3) is 0 Å². The van der Waals surface area contributed by atoms with Crippen LogP contribution in [0.4, 0.5) is 4.39 Å². The summed E-state index contributed by atoms with van der Waals surface area (Å²) in [5.74, 6) is 1.80. The van der Waals surface area contributed by atoms with Crippen molar-refractivity contribution in [1.29, 1.82) is 0 Å². The van der Waals surface area contributed by atoms with Gasteiger partial charge in [-0.15, -0.1) is 24.0 Å². The number of nitrogens with zero attached hydrogens (tertiary/aromatic N) is 1. The highest BCUT2D eigenvalue weighted by Crippen LogP contribution is 2.26. The summed E-state index contributed by atoms with van der Waals surface area (Å²) in [5.41, 5.74) is 0.791. The van der Waals surface area contributed by atoms with Crippen LogP contribution in [0.15, 0.2) is 47.5 Å². The van der Waals surface area contributed by atoms with Gasteiger partial charge >= 0.3 is 0 Å². The lowest BCUT2D eigenvalue weighted by Crippen LogP contribution is -2.42. The van der Waals surface area contributed by atoms with Crippen molar-refractivity contribution < 1.29 is 18.6 Å². The smallest absolute Gasteiger partial charge is 0.191 e. The van der Waals surface area contributed by atoms with Gasteiger partial charge in [-0.05, 0) is 43.7 Å². The van der Waals surface area contributed by atoms with Crippen molar-refractivity contribution in [3.05, 3.63) is 53.8 Å². The highest BCUT2D eigenvalue weighted by molar-refractivity contribution is 14.0. The molecule has 2 unspecified atom stereocenters. The Morgan fingerprint density at radius 1 is 1.03 bits per heavy atom. The summed E-state index contributed by atoms with van der Waals surface area (Å²) in [6.45, 7) is 4.42. The lowest BCUT2D eigenvalue weighted by molar-refractivity contribution is 0.213. The van der Waals surface area contributed by atoms with E-state index >= 15 is 0 Å². The van der Waals surface area contributed by atoms with Crippen molar-refractivity contribution in [3.63, 3.8) is 0 Å². The summed E-state index contributed by atoms with van der Waals surface area (Å²) in [4.78, 5) is 4.22. The molecular weight excluding hydrogens is 488 g/mol. The number of para-hydroxylation sites is 2. The maximum absolute atomic E-state index is 13.9. The van der Waals surface area contributed by atoms with Gasteiger partial charge in [-0.25, -0.2) is 4.39 Å². The van der Waals surface area contributed by atoms with E-state index in [1.807, 2.05) is 44.2 Å².